The van der Waals surface area contributed by atoms with Gasteiger partial charge in [-0.1, -0.05) is 0 Å². The Morgan fingerprint density at radius 2 is 2.29 bits per heavy atom. The fraction of sp³-hybridized carbons (Fsp3) is 0.417. The van der Waals surface area contributed by atoms with Gasteiger partial charge in [0.1, 0.15) is 5.52 Å². The van der Waals surface area contributed by atoms with E-state index in [1.54, 1.807) is 12.1 Å². The van der Waals surface area contributed by atoms with Gasteiger partial charge in [-0.3, -0.25) is 0 Å². The molecule has 1 aromatic heterocycles. The molecule has 0 saturated carbocycles. The molecular formula is C12H17N3O2. The summed E-state index contributed by atoms with van der Waals surface area (Å²) in [5.74, 6) is 0. The third kappa shape index (κ3) is 3.10. The second kappa shape index (κ2) is 5.05. The average Bonchev–Trinajstić information content (AvgIpc) is 2.66. The zero-order valence-corrected chi connectivity index (χ0v) is 10.1. The summed E-state index contributed by atoms with van der Waals surface area (Å²) in [7, 11) is 0. The topological polar surface area (TPSA) is 73.3 Å². The van der Waals surface area contributed by atoms with Crippen LogP contribution in [0.4, 0.5) is 11.7 Å². The van der Waals surface area contributed by atoms with Gasteiger partial charge in [0, 0.05) is 18.3 Å². The average molecular weight is 235 g/mol. The second-order valence-electron chi connectivity index (χ2n) is 4.09. The molecule has 0 aliphatic carbocycles. The molecule has 0 radical (unpaired) electrons. The lowest BCUT2D eigenvalue weighted by atomic mass is 10.3. The summed E-state index contributed by atoms with van der Waals surface area (Å²) in [6, 6.07) is 5.90. The van der Waals surface area contributed by atoms with E-state index < -0.39 is 0 Å². The van der Waals surface area contributed by atoms with Gasteiger partial charge in [-0.2, -0.15) is 4.98 Å². The number of nitrogens with two attached hydrogens (primary N) is 1. The Hall–Kier alpha value is -1.75. The van der Waals surface area contributed by atoms with Crippen molar-refractivity contribution in [3.8, 4) is 0 Å². The molecule has 0 aliphatic heterocycles. The van der Waals surface area contributed by atoms with E-state index in [2.05, 4.69) is 10.3 Å². The number of benzene rings is 1. The molecule has 1 heterocycles. The zero-order chi connectivity index (χ0) is 12.3. The monoisotopic (exact) mass is 235 g/mol. The number of rotatable bonds is 5. The van der Waals surface area contributed by atoms with Crippen molar-refractivity contribution in [3.05, 3.63) is 18.2 Å². The predicted molar refractivity (Wildman–Crippen MR) is 68.0 cm³/mol. The normalized spacial score (nSPS) is 11.2. The number of fused-ring (bicyclic) bond motifs is 1. The Bertz CT molecular complexity index is 493. The Labute approximate surface area is 100.0 Å². The maximum absolute atomic E-state index is 5.66. The van der Waals surface area contributed by atoms with Crippen molar-refractivity contribution in [2.24, 2.45) is 0 Å². The molecule has 17 heavy (non-hydrogen) atoms. The van der Waals surface area contributed by atoms with E-state index in [0.717, 1.165) is 5.52 Å². The zero-order valence-electron chi connectivity index (χ0n) is 10.1. The summed E-state index contributed by atoms with van der Waals surface area (Å²) >= 11 is 0. The number of nitrogen functional groups attached to an aromatic ring is 1. The van der Waals surface area contributed by atoms with Crippen LogP contribution >= 0.6 is 0 Å². The molecule has 5 heteroatoms. The second-order valence-corrected chi connectivity index (χ2v) is 4.09. The van der Waals surface area contributed by atoms with E-state index in [1.165, 1.54) is 0 Å². The minimum atomic E-state index is 0.236. The van der Waals surface area contributed by atoms with E-state index in [4.69, 9.17) is 14.9 Å². The van der Waals surface area contributed by atoms with Crippen molar-refractivity contribution in [1.82, 2.24) is 4.98 Å². The Kier molecular flexibility index (Phi) is 3.49. The lowest BCUT2D eigenvalue weighted by Crippen LogP contribution is -2.13. The van der Waals surface area contributed by atoms with E-state index in [0.29, 0.717) is 30.4 Å². The molecule has 0 aliphatic rings. The summed E-state index contributed by atoms with van der Waals surface area (Å²) in [5.41, 5.74) is 7.82. The largest absolute Gasteiger partial charge is 0.423 e. The molecule has 0 bridgehead atoms. The summed E-state index contributed by atoms with van der Waals surface area (Å²) in [4.78, 5) is 4.28. The standard InChI is InChI=1S/C12H17N3O2/c1-8(2)16-6-5-14-12-15-10-4-3-9(13)7-11(10)17-12/h3-4,7-8H,5-6,13H2,1-2H3,(H,14,15). The molecule has 5 nitrogen and oxygen atoms in total. The van der Waals surface area contributed by atoms with Gasteiger partial charge >= 0.3 is 0 Å². The van der Waals surface area contributed by atoms with Crippen molar-refractivity contribution >= 4 is 22.8 Å². The Balaban J connectivity index is 1.95. The van der Waals surface area contributed by atoms with E-state index >= 15 is 0 Å². The number of hydrogen-bond acceptors (Lipinski definition) is 5. The van der Waals surface area contributed by atoms with Gasteiger partial charge in [0.25, 0.3) is 6.01 Å². The Morgan fingerprint density at radius 1 is 1.47 bits per heavy atom. The van der Waals surface area contributed by atoms with Gasteiger partial charge in [0.2, 0.25) is 0 Å². The highest BCUT2D eigenvalue weighted by atomic mass is 16.5. The van der Waals surface area contributed by atoms with Crippen molar-refractivity contribution in [3.63, 3.8) is 0 Å². The maximum Gasteiger partial charge on any atom is 0.295 e. The smallest absolute Gasteiger partial charge is 0.295 e. The number of nitrogens with zero attached hydrogens (tertiary/aromatic N) is 1. The van der Waals surface area contributed by atoms with Gasteiger partial charge in [0.05, 0.1) is 12.7 Å². The molecule has 3 N–H and O–H groups in total. The third-order valence-corrected chi connectivity index (χ3v) is 2.24. The molecule has 1 aromatic carbocycles. The van der Waals surface area contributed by atoms with Crippen molar-refractivity contribution < 1.29 is 9.15 Å². The van der Waals surface area contributed by atoms with Gasteiger partial charge in [0.15, 0.2) is 5.58 Å². The van der Waals surface area contributed by atoms with Crippen LogP contribution in [-0.4, -0.2) is 24.2 Å². The number of oxazole rings is 1. The first-order chi connectivity index (χ1) is 8.15. The fourth-order valence-corrected chi connectivity index (χ4v) is 1.47. The van der Waals surface area contributed by atoms with E-state index in [9.17, 15) is 0 Å². The lowest BCUT2D eigenvalue weighted by molar-refractivity contribution is 0.0868. The van der Waals surface area contributed by atoms with Gasteiger partial charge in [-0.15, -0.1) is 0 Å². The van der Waals surface area contributed by atoms with E-state index in [1.807, 2.05) is 19.9 Å². The van der Waals surface area contributed by atoms with Crippen LogP contribution in [0.2, 0.25) is 0 Å². The first-order valence-corrected chi connectivity index (χ1v) is 5.66. The van der Waals surface area contributed by atoms with Crippen LogP contribution in [0.5, 0.6) is 0 Å². The van der Waals surface area contributed by atoms with Crippen LogP contribution in [0.1, 0.15) is 13.8 Å². The molecule has 0 spiro atoms. The Morgan fingerprint density at radius 3 is 3.06 bits per heavy atom. The number of aromatic nitrogens is 1. The number of ether oxygens (including phenoxy) is 1. The van der Waals surface area contributed by atoms with Gasteiger partial charge in [-0.05, 0) is 26.0 Å². The van der Waals surface area contributed by atoms with Crippen LogP contribution in [0.25, 0.3) is 11.1 Å². The molecule has 0 atom stereocenters. The summed E-state index contributed by atoms with van der Waals surface area (Å²) in [6.07, 6.45) is 0.236. The van der Waals surface area contributed by atoms with Crippen molar-refractivity contribution in [2.45, 2.75) is 20.0 Å². The van der Waals surface area contributed by atoms with Crippen LogP contribution in [0, 0.1) is 0 Å². The van der Waals surface area contributed by atoms with Gasteiger partial charge in [-0.25, -0.2) is 0 Å². The van der Waals surface area contributed by atoms with Crippen LogP contribution < -0.4 is 11.1 Å². The first kappa shape index (κ1) is 11.7. The molecule has 0 unspecified atom stereocenters. The van der Waals surface area contributed by atoms with Crippen molar-refractivity contribution in [1.29, 1.82) is 0 Å². The summed E-state index contributed by atoms with van der Waals surface area (Å²) in [6.45, 7) is 5.30. The third-order valence-electron chi connectivity index (χ3n) is 2.24. The van der Waals surface area contributed by atoms with Crippen molar-refractivity contribution in [2.75, 3.05) is 24.2 Å². The lowest BCUT2D eigenvalue weighted by Gasteiger charge is -2.06. The molecule has 92 valence electrons. The minimum Gasteiger partial charge on any atom is -0.423 e. The first-order valence-electron chi connectivity index (χ1n) is 5.66. The molecule has 2 aromatic rings. The molecule has 2 rings (SSSR count). The number of anilines is 2. The quantitative estimate of drug-likeness (QED) is 0.614. The molecular weight excluding hydrogens is 218 g/mol. The highest BCUT2D eigenvalue weighted by Crippen LogP contribution is 2.20. The highest BCUT2D eigenvalue weighted by molar-refractivity contribution is 5.77. The summed E-state index contributed by atoms with van der Waals surface area (Å²) in [5, 5.41) is 3.07. The van der Waals surface area contributed by atoms with E-state index in [-0.39, 0.29) is 6.10 Å². The predicted octanol–water partition coefficient (Wildman–Crippen LogP) is 2.25. The highest BCUT2D eigenvalue weighted by Gasteiger charge is 2.05. The minimum absolute atomic E-state index is 0.236. The van der Waals surface area contributed by atoms with Crippen LogP contribution in [0.3, 0.4) is 0 Å². The molecule has 0 amide bonds. The molecule has 0 fully saturated rings. The van der Waals surface area contributed by atoms with Crippen LogP contribution in [-0.2, 0) is 4.74 Å². The maximum atomic E-state index is 5.66. The summed E-state index contributed by atoms with van der Waals surface area (Å²) < 4.78 is 10.9. The van der Waals surface area contributed by atoms with Gasteiger partial charge < -0.3 is 20.2 Å². The fourth-order valence-electron chi connectivity index (χ4n) is 1.47. The molecule has 0 saturated heterocycles. The SMILES string of the molecule is CC(C)OCCNc1nc2ccc(N)cc2o1. The number of nitrogens with one attached hydrogen (secondary N) is 1. The van der Waals surface area contributed by atoms with Crippen LogP contribution in [0.15, 0.2) is 22.6 Å². The number of hydrogen-bond donors (Lipinski definition) is 2.